The quantitative estimate of drug-likeness (QED) is 0.476. The molecule has 31 heavy (non-hydrogen) atoms. The normalized spacial score (nSPS) is 14.6. The van der Waals surface area contributed by atoms with Gasteiger partial charge in [0, 0.05) is 54.4 Å². The lowest BCUT2D eigenvalue weighted by molar-refractivity contribution is -0.143. The molecule has 0 spiro atoms. The highest BCUT2D eigenvalue weighted by Gasteiger charge is 2.37. The molecule has 4 rings (SSSR count). The summed E-state index contributed by atoms with van der Waals surface area (Å²) in [5, 5.41) is 3.16. The Balaban J connectivity index is 1.62. The highest BCUT2D eigenvalue weighted by molar-refractivity contribution is 5.91. The van der Waals surface area contributed by atoms with E-state index in [-0.39, 0.29) is 19.2 Å². The maximum Gasteiger partial charge on any atom is 0.416 e. The zero-order valence-corrected chi connectivity index (χ0v) is 16.2. The molecule has 2 amide bonds. The number of halogens is 6. The van der Waals surface area contributed by atoms with Crippen molar-refractivity contribution in [1.29, 1.82) is 0 Å². The van der Waals surface area contributed by atoms with Gasteiger partial charge in [-0.3, -0.25) is 0 Å². The number of aromatic nitrogens is 1. The minimum absolute atomic E-state index is 0.0267. The number of hydrogen-bond acceptors (Lipinski definition) is 1. The van der Waals surface area contributed by atoms with Crippen LogP contribution in [-0.2, 0) is 32.4 Å². The summed E-state index contributed by atoms with van der Waals surface area (Å²) in [6.07, 6.45) is -9.45. The third-order valence-electron chi connectivity index (χ3n) is 5.44. The summed E-state index contributed by atoms with van der Waals surface area (Å²) in [7, 11) is 1.91. The van der Waals surface area contributed by atoms with E-state index in [0.29, 0.717) is 18.6 Å². The third-order valence-corrected chi connectivity index (χ3v) is 5.44. The van der Waals surface area contributed by atoms with Crippen molar-refractivity contribution in [2.45, 2.75) is 25.3 Å². The molecule has 10 heteroatoms. The van der Waals surface area contributed by atoms with Gasteiger partial charge in [-0.2, -0.15) is 26.3 Å². The number of carbonyl (C=O) groups is 1. The van der Waals surface area contributed by atoms with Crippen LogP contribution in [0.1, 0.15) is 22.4 Å². The number of nitrogens with one attached hydrogen (secondary N) is 1. The smallest absolute Gasteiger partial charge is 0.347 e. The summed E-state index contributed by atoms with van der Waals surface area (Å²) in [6.45, 7) is 0.488. The van der Waals surface area contributed by atoms with Crippen LogP contribution in [0.3, 0.4) is 0 Å². The van der Waals surface area contributed by atoms with Crippen molar-refractivity contribution in [3.05, 3.63) is 64.8 Å². The van der Waals surface area contributed by atoms with Gasteiger partial charge in [-0.1, -0.05) is 18.2 Å². The minimum Gasteiger partial charge on any atom is -0.347 e. The molecule has 0 saturated carbocycles. The van der Waals surface area contributed by atoms with Crippen LogP contribution >= 0.6 is 0 Å². The summed E-state index contributed by atoms with van der Waals surface area (Å²) in [5.41, 5.74) is -0.568. The predicted molar refractivity (Wildman–Crippen MR) is 102 cm³/mol. The van der Waals surface area contributed by atoms with Crippen molar-refractivity contribution >= 4 is 22.6 Å². The Morgan fingerprint density at radius 2 is 1.58 bits per heavy atom. The van der Waals surface area contributed by atoms with E-state index < -0.39 is 35.2 Å². The van der Waals surface area contributed by atoms with E-state index in [1.54, 1.807) is 0 Å². The topological polar surface area (TPSA) is 37.3 Å². The van der Waals surface area contributed by atoms with Gasteiger partial charge in [0.25, 0.3) is 0 Å². The molecule has 1 N–H and O–H groups in total. The molecule has 1 aliphatic heterocycles. The van der Waals surface area contributed by atoms with Crippen LogP contribution in [-0.4, -0.2) is 22.0 Å². The Hall–Kier alpha value is -3.17. The molecular weight excluding hydrogens is 424 g/mol. The molecule has 0 aliphatic carbocycles. The monoisotopic (exact) mass is 441 g/mol. The van der Waals surface area contributed by atoms with E-state index in [4.69, 9.17) is 0 Å². The second-order valence-electron chi connectivity index (χ2n) is 7.40. The van der Waals surface area contributed by atoms with Gasteiger partial charge >= 0.3 is 18.4 Å². The molecule has 2 heterocycles. The summed E-state index contributed by atoms with van der Waals surface area (Å²) >= 11 is 0. The zero-order valence-electron chi connectivity index (χ0n) is 16.2. The van der Waals surface area contributed by atoms with Crippen molar-refractivity contribution in [1.82, 2.24) is 9.47 Å². The van der Waals surface area contributed by atoms with E-state index in [9.17, 15) is 31.1 Å². The van der Waals surface area contributed by atoms with Crippen molar-refractivity contribution in [2.75, 3.05) is 11.9 Å². The van der Waals surface area contributed by atoms with Gasteiger partial charge in [0.1, 0.15) is 0 Å². The van der Waals surface area contributed by atoms with Gasteiger partial charge in [-0.15, -0.1) is 0 Å². The van der Waals surface area contributed by atoms with Crippen LogP contribution in [0.15, 0.2) is 42.5 Å². The molecule has 2 aromatic carbocycles. The fourth-order valence-corrected chi connectivity index (χ4v) is 3.93. The first-order chi connectivity index (χ1) is 14.4. The second-order valence-corrected chi connectivity index (χ2v) is 7.40. The number of aryl methyl sites for hydroxylation is 1. The largest absolute Gasteiger partial charge is 0.416 e. The van der Waals surface area contributed by atoms with Crippen molar-refractivity contribution in [2.24, 2.45) is 7.05 Å². The first-order valence-electron chi connectivity index (χ1n) is 9.36. The van der Waals surface area contributed by atoms with E-state index in [0.717, 1.165) is 22.2 Å². The van der Waals surface area contributed by atoms with Crippen molar-refractivity contribution < 1.29 is 31.1 Å². The van der Waals surface area contributed by atoms with Crippen LogP contribution in [0.2, 0.25) is 0 Å². The number of anilines is 1. The lowest BCUT2D eigenvalue weighted by atomic mass is 10.0. The highest BCUT2D eigenvalue weighted by atomic mass is 19.4. The highest BCUT2D eigenvalue weighted by Crippen LogP contribution is 2.38. The molecule has 0 atom stereocenters. The first-order valence-corrected chi connectivity index (χ1v) is 9.36. The van der Waals surface area contributed by atoms with E-state index in [2.05, 4.69) is 5.32 Å². The summed E-state index contributed by atoms with van der Waals surface area (Å²) in [6, 6.07) is 7.88. The number of amides is 2. The molecule has 1 aliphatic rings. The molecule has 0 saturated heterocycles. The van der Waals surface area contributed by atoms with E-state index in [1.807, 2.05) is 35.9 Å². The first kappa shape index (κ1) is 21.1. The lowest BCUT2D eigenvalue weighted by Crippen LogP contribution is -2.39. The SMILES string of the molecule is Cn1c2c(c3ccccc31)CN(C(=O)Nc1cc(C(F)(F)F)cc(C(F)(F)F)c1)CC2. The van der Waals surface area contributed by atoms with E-state index in [1.165, 1.54) is 4.90 Å². The van der Waals surface area contributed by atoms with Gasteiger partial charge in [0.05, 0.1) is 11.1 Å². The average molecular weight is 441 g/mol. The Labute approximate surface area is 173 Å². The number of hydrogen-bond donors (Lipinski definition) is 1. The fourth-order valence-electron chi connectivity index (χ4n) is 3.93. The van der Waals surface area contributed by atoms with Gasteiger partial charge < -0.3 is 14.8 Å². The minimum atomic E-state index is -4.98. The molecule has 0 unspecified atom stereocenters. The number of urea groups is 1. The van der Waals surface area contributed by atoms with Crippen LogP contribution < -0.4 is 5.32 Å². The molecule has 164 valence electrons. The van der Waals surface area contributed by atoms with Crippen LogP contribution in [0, 0.1) is 0 Å². The summed E-state index contributed by atoms with van der Waals surface area (Å²) < 4.78 is 80.3. The zero-order chi connectivity index (χ0) is 22.6. The lowest BCUT2D eigenvalue weighted by Gasteiger charge is -2.28. The maximum atomic E-state index is 13.1. The standard InChI is InChI=1S/C21H17F6N3O/c1-29-17-5-3-2-4-15(17)16-11-30(7-6-18(16)29)19(31)28-14-9-12(20(22,23)24)8-13(10-14)21(25,26)27/h2-5,8-10H,6-7,11H2,1H3,(H,28,31). The molecule has 1 aromatic heterocycles. The summed E-state index contributed by atoms with van der Waals surface area (Å²) in [4.78, 5) is 14.1. The van der Waals surface area contributed by atoms with Gasteiger partial charge in [0.15, 0.2) is 0 Å². The Kier molecular flexibility index (Phi) is 4.90. The van der Waals surface area contributed by atoms with Crippen LogP contribution in [0.4, 0.5) is 36.8 Å². The number of nitrogens with zero attached hydrogens (tertiary/aromatic N) is 2. The second kappa shape index (κ2) is 7.21. The van der Waals surface area contributed by atoms with Crippen molar-refractivity contribution in [3.8, 4) is 0 Å². The molecule has 0 radical (unpaired) electrons. The Morgan fingerprint density at radius 1 is 0.968 bits per heavy atom. The van der Waals surface area contributed by atoms with Crippen LogP contribution in [0.25, 0.3) is 10.9 Å². The summed E-state index contributed by atoms with van der Waals surface area (Å²) in [5.74, 6) is 0. The number of benzene rings is 2. The van der Waals surface area contributed by atoms with E-state index >= 15 is 0 Å². The predicted octanol–water partition coefficient (Wildman–Crippen LogP) is 5.81. The number of carbonyl (C=O) groups excluding carboxylic acids is 1. The molecule has 0 fully saturated rings. The number of para-hydroxylation sites is 1. The number of fused-ring (bicyclic) bond motifs is 3. The number of alkyl halides is 6. The van der Waals surface area contributed by atoms with Gasteiger partial charge in [-0.25, -0.2) is 4.79 Å². The van der Waals surface area contributed by atoms with Crippen molar-refractivity contribution in [3.63, 3.8) is 0 Å². The molecule has 3 aromatic rings. The molecule has 4 nitrogen and oxygen atoms in total. The average Bonchev–Trinajstić information content (AvgIpc) is 2.98. The molecular formula is C21H17F6N3O. The Bertz CT molecular complexity index is 1130. The third kappa shape index (κ3) is 3.94. The molecule has 0 bridgehead atoms. The number of rotatable bonds is 1. The van der Waals surface area contributed by atoms with Gasteiger partial charge in [0.2, 0.25) is 0 Å². The Morgan fingerprint density at radius 3 is 2.19 bits per heavy atom. The van der Waals surface area contributed by atoms with Crippen LogP contribution in [0.5, 0.6) is 0 Å². The maximum absolute atomic E-state index is 13.1. The van der Waals surface area contributed by atoms with Gasteiger partial charge in [-0.05, 0) is 24.3 Å². The fraction of sp³-hybridized carbons (Fsp3) is 0.286.